The number of benzene rings is 1. The highest BCUT2D eigenvalue weighted by Gasteiger charge is 2.17. The summed E-state index contributed by atoms with van der Waals surface area (Å²) in [4.78, 5) is 0. The Hall–Kier alpha value is -1.35. The van der Waals surface area contributed by atoms with E-state index < -0.39 is 17.6 Å². The van der Waals surface area contributed by atoms with Crippen LogP contribution in [-0.4, -0.2) is 11.7 Å². The minimum absolute atomic E-state index is 0. The number of nitriles is 1. The lowest BCUT2D eigenvalue weighted by molar-refractivity contribution is 0.420. The third-order valence-electron chi connectivity index (χ3n) is 1.91. The number of rotatable bonds is 2. The molecule has 1 aromatic rings. The Morgan fingerprint density at radius 1 is 1.53 bits per heavy atom. The molecule has 0 radical (unpaired) electrons. The zero-order chi connectivity index (χ0) is 10.7. The molecule has 0 aliphatic heterocycles. The van der Waals surface area contributed by atoms with Crippen LogP contribution in [0, 0.1) is 17.1 Å². The van der Waals surface area contributed by atoms with Crippen LogP contribution in [-0.2, 0) is 0 Å². The highest BCUT2D eigenvalue weighted by molar-refractivity contribution is 5.85. The Morgan fingerprint density at radius 2 is 2.13 bits per heavy atom. The maximum Gasteiger partial charge on any atom is 0.165 e. The van der Waals surface area contributed by atoms with Crippen LogP contribution >= 0.6 is 12.4 Å². The Labute approximate surface area is 92.7 Å². The molecule has 0 aromatic heterocycles. The van der Waals surface area contributed by atoms with Crippen molar-refractivity contribution < 1.29 is 9.50 Å². The molecule has 0 heterocycles. The average molecular weight is 232 g/mol. The molecule has 0 spiro atoms. The fourth-order valence-corrected chi connectivity index (χ4v) is 1.17. The van der Waals surface area contributed by atoms with Crippen molar-refractivity contribution in [2.75, 3.05) is 6.54 Å². The fourth-order valence-electron chi connectivity index (χ4n) is 1.17. The molecule has 4 nitrogen and oxygen atoms in total. The van der Waals surface area contributed by atoms with Gasteiger partial charge in [-0.15, -0.1) is 12.4 Å². The number of hydrogen-bond acceptors (Lipinski definition) is 4. The van der Waals surface area contributed by atoms with Crippen molar-refractivity contribution in [1.29, 1.82) is 5.26 Å². The zero-order valence-electron chi connectivity index (χ0n) is 7.77. The van der Waals surface area contributed by atoms with Crippen LogP contribution in [0.2, 0.25) is 0 Å². The summed E-state index contributed by atoms with van der Waals surface area (Å²) in [6.07, 6.45) is 0. The number of nitrogens with two attached hydrogens (primary N) is 2. The maximum absolute atomic E-state index is 12.9. The van der Waals surface area contributed by atoms with Crippen molar-refractivity contribution in [1.82, 2.24) is 0 Å². The van der Waals surface area contributed by atoms with Crippen LogP contribution in [0.1, 0.15) is 17.2 Å². The lowest BCUT2D eigenvalue weighted by Gasteiger charge is -2.13. The molecule has 0 fully saturated rings. The van der Waals surface area contributed by atoms with Gasteiger partial charge in [-0.05, 0) is 12.1 Å². The van der Waals surface area contributed by atoms with Crippen LogP contribution in [0.3, 0.4) is 0 Å². The first-order chi connectivity index (χ1) is 6.61. The van der Waals surface area contributed by atoms with Gasteiger partial charge in [0.2, 0.25) is 0 Å². The molecule has 1 rings (SSSR count). The van der Waals surface area contributed by atoms with Crippen molar-refractivity contribution in [3.05, 3.63) is 29.1 Å². The standard InChI is InChI=1S/C9H10FN3O.ClH/c10-6-2-1-5(3-11)8(9(6)14)7(13)4-12;/h1-2,7,14H,4,12-13H2;1H/t7-;/m1./s1. The smallest absolute Gasteiger partial charge is 0.165 e. The predicted octanol–water partition coefficient (Wildman–Crippen LogP) is 0.783. The topological polar surface area (TPSA) is 96.1 Å². The summed E-state index contributed by atoms with van der Waals surface area (Å²) in [5.74, 6) is -1.40. The third kappa shape index (κ3) is 2.57. The Kier molecular flexibility index (Phi) is 5.02. The molecule has 0 bridgehead atoms. The van der Waals surface area contributed by atoms with Crippen LogP contribution in [0.25, 0.3) is 0 Å². The molecular weight excluding hydrogens is 221 g/mol. The minimum Gasteiger partial charge on any atom is -0.505 e. The van der Waals surface area contributed by atoms with Gasteiger partial charge in [-0.1, -0.05) is 0 Å². The van der Waals surface area contributed by atoms with Gasteiger partial charge in [-0.25, -0.2) is 4.39 Å². The third-order valence-corrected chi connectivity index (χ3v) is 1.91. The Bertz CT molecular complexity index is 392. The number of nitrogens with zero attached hydrogens (tertiary/aromatic N) is 1. The Morgan fingerprint density at radius 3 is 2.60 bits per heavy atom. The van der Waals surface area contributed by atoms with Gasteiger partial charge in [0.05, 0.1) is 11.6 Å². The molecule has 0 amide bonds. The fraction of sp³-hybridized carbons (Fsp3) is 0.222. The van der Waals surface area contributed by atoms with Gasteiger partial charge < -0.3 is 16.6 Å². The van der Waals surface area contributed by atoms with Gasteiger partial charge in [-0.3, -0.25) is 0 Å². The van der Waals surface area contributed by atoms with Gasteiger partial charge >= 0.3 is 0 Å². The van der Waals surface area contributed by atoms with Gasteiger partial charge in [-0.2, -0.15) is 5.26 Å². The lowest BCUT2D eigenvalue weighted by Crippen LogP contribution is -2.22. The largest absolute Gasteiger partial charge is 0.505 e. The van der Waals surface area contributed by atoms with Crippen molar-refractivity contribution in [3.63, 3.8) is 0 Å². The predicted molar refractivity (Wildman–Crippen MR) is 56.0 cm³/mol. The van der Waals surface area contributed by atoms with Crippen molar-refractivity contribution >= 4 is 12.4 Å². The van der Waals surface area contributed by atoms with Crippen LogP contribution in [0.5, 0.6) is 5.75 Å². The summed E-state index contributed by atoms with van der Waals surface area (Å²) in [5.41, 5.74) is 11.0. The van der Waals surface area contributed by atoms with E-state index in [0.29, 0.717) is 0 Å². The molecule has 0 unspecified atom stereocenters. The van der Waals surface area contributed by atoms with Gasteiger partial charge in [0.15, 0.2) is 11.6 Å². The molecule has 15 heavy (non-hydrogen) atoms. The SMILES string of the molecule is Cl.N#Cc1ccc(F)c(O)c1[C@H](N)CN. The number of phenols is 1. The second kappa shape index (κ2) is 5.51. The van der Waals surface area contributed by atoms with E-state index in [2.05, 4.69) is 0 Å². The molecule has 82 valence electrons. The minimum atomic E-state index is -0.803. The maximum atomic E-state index is 12.9. The summed E-state index contributed by atoms with van der Waals surface area (Å²) in [6, 6.07) is 3.36. The summed E-state index contributed by atoms with van der Waals surface area (Å²) in [5, 5.41) is 18.0. The molecule has 0 aliphatic carbocycles. The summed E-state index contributed by atoms with van der Waals surface area (Å²) in [6.45, 7) is 0.0334. The zero-order valence-corrected chi connectivity index (χ0v) is 8.59. The van der Waals surface area contributed by atoms with Gasteiger partial charge in [0.25, 0.3) is 0 Å². The Balaban J connectivity index is 0.00000196. The van der Waals surface area contributed by atoms with E-state index in [1.54, 1.807) is 0 Å². The summed E-state index contributed by atoms with van der Waals surface area (Å²) < 4.78 is 12.9. The molecular formula is C9H11ClFN3O. The molecule has 1 atom stereocenters. The van der Waals surface area contributed by atoms with E-state index in [-0.39, 0.29) is 30.1 Å². The molecule has 0 saturated carbocycles. The first-order valence-corrected chi connectivity index (χ1v) is 3.99. The van der Waals surface area contributed by atoms with E-state index >= 15 is 0 Å². The summed E-state index contributed by atoms with van der Waals surface area (Å²) >= 11 is 0. The molecule has 5 N–H and O–H groups in total. The average Bonchev–Trinajstić information content (AvgIpc) is 2.20. The van der Waals surface area contributed by atoms with E-state index in [4.69, 9.17) is 16.7 Å². The molecule has 1 aromatic carbocycles. The van der Waals surface area contributed by atoms with E-state index in [1.807, 2.05) is 6.07 Å². The van der Waals surface area contributed by atoms with Crippen LogP contribution < -0.4 is 11.5 Å². The van der Waals surface area contributed by atoms with Crippen molar-refractivity contribution in [3.8, 4) is 11.8 Å². The highest BCUT2D eigenvalue weighted by Crippen LogP contribution is 2.28. The molecule has 0 aliphatic rings. The second-order valence-electron chi connectivity index (χ2n) is 2.81. The number of hydrogen-bond donors (Lipinski definition) is 3. The molecule has 0 saturated heterocycles. The lowest BCUT2D eigenvalue weighted by atomic mass is 10.0. The highest BCUT2D eigenvalue weighted by atomic mass is 35.5. The molecule has 6 heteroatoms. The number of halogens is 2. The first kappa shape index (κ1) is 13.7. The van der Waals surface area contributed by atoms with Crippen molar-refractivity contribution in [2.45, 2.75) is 6.04 Å². The summed E-state index contributed by atoms with van der Waals surface area (Å²) in [7, 11) is 0. The van der Waals surface area contributed by atoms with Crippen LogP contribution in [0.15, 0.2) is 12.1 Å². The monoisotopic (exact) mass is 231 g/mol. The van der Waals surface area contributed by atoms with Crippen LogP contribution in [0.4, 0.5) is 4.39 Å². The van der Waals surface area contributed by atoms with E-state index in [9.17, 15) is 9.50 Å². The number of aromatic hydroxyl groups is 1. The quantitative estimate of drug-likeness (QED) is 0.701. The van der Waals surface area contributed by atoms with Gasteiger partial charge in [0, 0.05) is 18.2 Å². The second-order valence-corrected chi connectivity index (χ2v) is 2.81. The van der Waals surface area contributed by atoms with Gasteiger partial charge in [0.1, 0.15) is 0 Å². The van der Waals surface area contributed by atoms with E-state index in [0.717, 1.165) is 6.07 Å². The van der Waals surface area contributed by atoms with Crippen molar-refractivity contribution in [2.24, 2.45) is 11.5 Å². The van der Waals surface area contributed by atoms with E-state index in [1.165, 1.54) is 6.07 Å². The first-order valence-electron chi connectivity index (χ1n) is 3.99. The number of phenolic OH excluding ortho intramolecular Hbond substituents is 1. The normalized spacial score (nSPS) is 11.3.